The molecule has 6 nitrogen and oxygen atoms in total. The molecule has 3 fully saturated rings. The molecule has 0 bridgehead atoms. The fourth-order valence-corrected chi connectivity index (χ4v) is 6.60. The van der Waals surface area contributed by atoms with Crippen LogP contribution in [0.1, 0.15) is 74.6 Å². The minimum atomic E-state index is -0.599. The number of hydrogen-bond donors (Lipinski definition) is 3. The van der Waals surface area contributed by atoms with Crippen molar-refractivity contribution in [3.05, 3.63) is 23.0 Å². The predicted octanol–water partition coefficient (Wildman–Crippen LogP) is 2.28. The maximum Gasteiger partial charge on any atom is 0.189 e. The molecule has 4 rings (SSSR count). The summed E-state index contributed by atoms with van der Waals surface area (Å²) in [6, 6.07) is 5.41. The zero-order chi connectivity index (χ0) is 20.6. The lowest BCUT2D eigenvalue weighted by Crippen LogP contribution is -3.28. The number of aromatic hydroxyl groups is 1. The molecular formula is C23H31N4O2+. The number of aromatic nitrogens is 1. The molecule has 1 aromatic heterocycles. The summed E-state index contributed by atoms with van der Waals surface area (Å²) in [4.78, 5) is 5.21. The Bertz CT molecular complexity index is 833. The first-order chi connectivity index (χ1) is 14.0. The Kier molecular flexibility index (Phi) is 5.27. The summed E-state index contributed by atoms with van der Waals surface area (Å²) in [6.45, 7) is 1.92. The summed E-state index contributed by atoms with van der Waals surface area (Å²) in [7, 11) is 0. The van der Waals surface area contributed by atoms with Crippen LogP contribution in [0.15, 0.2) is 6.20 Å². The van der Waals surface area contributed by atoms with Gasteiger partial charge in [0, 0.05) is 36.4 Å². The van der Waals surface area contributed by atoms with E-state index in [1.807, 2.05) is 0 Å². The number of aryl methyl sites for hydroxylation is 1. The minimum absolute atomic E-state index is 0.0931. The number of nitriles is 2. The van der Waals surface area contributed by atoms with Crippen molar-refractivity contribution in [2.24, 2.45) is 11.8 Å². The Morgan fingerprint density at radius 3 is 2.21 bits per heavy atom. The van der Waals surface area contributed by atoms with E-state index in [4.69, 9.17) is 0 Å². The van der Waals surface area contributed by atoms with Crippen LogP contribution in [0.4, 0.5) is 0 Å². The van der Waals surface area contributed by atoms with Crippen LogP contribution in [0.5, 0.6) is 5.75 Å². The predicted molar refractivity (Wildman–Crippen MR) is 106 cm³/mol. The van der Waals surface area contributed by atoms with E-state index >= 15 is 0 Å². The van der Waals surface area contributed by atoms with Gasteiger partial charge in [-0.25, -0.2) is 0 Å². The highest BCUT2D eigenvalue weighted by atomic mass is 16.3. The topological polar surface area (TPSA) is 105 Å². The van der Waals surface area contributed by atoms with E-state index < -0.39 is 11.1 Å². The average Bonchev–Trinajstić information content (AvgIpc) is 2.76. The molecule has 2 heterocycles. The molecule has 0 spiro atoms. The third kappa shape index (κ3) is 2.93. The van der Waals surface area contributed by atoms with Gasteiger partial charge >= 0.3 is 0 Å². The molecular weight excluding hydrogens is 364 g/mol. The van der Waals surface area contributed by atoms with E-state index in [1.165, 1.54) is 0 Å². The molecule has 29 heavy (non-hydrogen) atoms. The van der Waals surface area contributed by atoms with Gasteiger partial charge in [0.05, 0.1) is 17.9 Å². The van der Waals surface area contributed by atoms with Gasteiger partial charge in [-0.05, 0) is 39.0 Å². The number of quaternary nitrogens is 1. The lowest BCUT2D eigenvalue weighted by atomic mass is 9.57. The second kappa shape index (κ2) is 7.59. The third-order valence-electron chi connectivity index (χ3n) is 8.14. The van der Waals surface area contributed by atoms with Gasteiger partial charge in [-0.15, -0.1) is 0 Å². The number of piperidine rings is 1. The fourth-order valence-electron chi connectivity index (χ4n) is 6.60. The molecule has 0 radical (unpaired) electrons. The maximum absolute atomic E-state index is 10.8. The summed E-state index contributed by atoms with van der Waals surface area (Å²) < 4.78 is 0. The second-order valence-electron chi connectivity index (χ2n) is 9.30. The summed E-state index contributed by atoms with van der Waals surface area (Å²) >= 11 is 0. The van der Waals surface area contributed by atoms with Gasteiger partial charge in [0.15, 0.2) is 11.1 Å². The molecule has 3 aliphatic rings. The number of nitrogens with one attached hydrogen (secondary N) is 1. The Balaban J connectivity index is 1.87. The van der Waals surface area contributed by atoms with Crippen LogP contribution in [-0.4, -0.2) is 26.3 Å². The third-order valence-corrected chi connectivity index (χ3v) is 8.14. The molecule has 3 N–H and O–H groups in total. The van der Waals surface area contributed by atoms with Crippen molar-refractivity contribution >= 4 is 0 Å². The maximum atomic E-state index is 10.8. The highest BCUT2D eigenvalue weighted by Gasteiger charge is 2.65. The van der Waals surface area contributed by atoms with E-state index in [0.717, 1.165) is 62.7 Å². The first kappa shape index (κ1) is 20.1. The lowest BCUT2D eigenvalue weighted by Gasteiger charge is -2.58. The average molecular weight is 396 g/mol. The van der Waals surface area contributed by atoms with Crippen molar-refractivity contribution in [3.8, 4) is 17.9 Å². The van der Waals surface area contributed by atoms with Gasteiger partial charge in [0.2, 0.25) is 0 Å². The normalized spacial score (nSPS) is 36.3. The zero-order valence-electron chi connectivity index (χ0n) is 17.2. The fraction of sp³-hybridized carbons (Fsp3) is 0.696. The summed E-state index contributed by atoms with van der Waals surface area (Å²) in [5.41, 5.74) is 0.559. The van der Waals surface area contributed by atoms with Crippen LogP contribution >= 0.6 is 0 Å². The molecule has 2 saturated carbocycles. The Hall–Kier alpha value is -2.15. The Morgan fingerprint density at radius 1 is 1.10 bits per heavy atom. The second-order valence-corrected chi connectivity index (χ2v) is 9.30. The van der Waals surface area contributed by atoms with E-state index in [1.54, 1.807) is 13.1 Å². The van der Waals surface area contributed by atoms with E-state index in [2.05, 4.69) is 17.1 Å². The summed E-state index contributed by atoms with van der Waals surface area (Å²) in [5, 5.41) is 41.6. The smallest absolute Gasteiger partial charge is 0.189 e. The van der Waals surface area contributed by atoms with Gasteiger partial charge in [-0.2, -0.15) is 10.5 Å². The number of fused-ring (bicyclic) bond motifs is 2. The van der Waals surface area contributed by atoms with Crippen molar-refractivity contribution < 1.29 is 15.1 Å². The van der Waals surface area contributed by atoms with Crippen LogP contribution in [0.25, 0.3) is 0 Å². The first-order valence-electron chi connectivity index (χ1n) is 11.0. The summed E-state index contributed by atoms with van der Waals surface area (Å²) in [5.74, 6) is 0.683. The van der Waals surface area contributed by atoms with Crippen molar-refractivity contribution in [2.45, 2.75) is 88.9 Å². The highest BCUT2D eigenvalue weighted by molar-refractivity contribution is 5.40. The van der Waals surface area contributed by atoms with Gasteiger partial charge in [0.1, 0.15) is 24.4 Å². The van der Waals surface area contributed by atoms with Gasteiger partial charge in [0.25, 0.3) is 0 Å². The van der Waals surface area contributed by atoms with Crippen molar-refractivity contribution in [1.82, 2.24) is 4.98 Å². The van der Waals surface area contributed by atoms with Crippen LogP contribution in [0, 0.1) is 41.4 Å². The van der Waals surface area contributed by atoms with Crippen LogP contribution in [0.3, 0.4) is 0 Å². The minimum Gasteiger partial charge on any atom is -0.506 e. The van der Waals surface area contributed by atoms with E-state index in [0.29, 0.717) is 35.2 Å². The SMILES string of the molecule is Cc1ncc(CO)c(C[NH+]2[C@]3(C#N)CCCC[C@@H]3C[C@H]3CCCC[C@]32C#N)c1O. The van der Waals surface area contributed by atoms with Gasteiger partial charge in [-0.1, -0.05) is 12.8 Å². The van der Waals surface area contributed by atoms with Gasteiger partial charge in [-0.3, -0.25) is 9.88 Å². The molecule has 4 atom stereocenters. The molecule has 0 unspecified atom stereocenters. The molecule has 1 aliphatic heterocycles. The molecule has 0 aromatic carbocycles. The molecule has 1 aromatic rings. The number of hydrogen-bond acceptors (Lipinski definition) is 5. The quantitative estimate of drug-likeness (QED) is 0.728. The molecule has 2 aliphatic carbocycles. The van der Waals surface area contributed by atoms with Crippen molar-refractivity contribution in [1.29, 1.82) is 10.5 Å². The zero-order valence-corrected chi connectivity index (χ0v) is 17.2. The van der Waals surface area contributed by atoms with Crippen molar-refractivity contribution in [3.63, 3.8) is 0 Å². The summed E-state index contributed by atoms with van der Waals surface area (Å²) in [6.07, 6.45) is 10.6. The lowest BCUT2D eigenvalue weighted by molar-refractivity contribution is -1.01. The van der Waals surface area contributed by atoms with Crippen LogP contribution in [-0.2, 0) is 13.2 Å². The first-order valence-corrected chi connectivity index (χ1v) is 11.0. The number of pyridine rings is 1. The molecule has 6 heteroatoms. The number of nitrogens with zero attached hydrogens (tertiary/aromatic N) is 3. The number of rotatable bonds is 3. The van der Waals surface area contributed by atoms with E-state index in [-0.39, 0.29) is 12.4 Å². The number of aliphatic hydroxyl groups excluding tert-OH is 1. The number of aliphatic hydroxyl groups is 1. The highest BCUT2D eigenvalue weighted by Crippen LogP contribution is 2.47. The van der Waals surface area contributed by atoms with E-state index in [9.17, 15) is 20.7 Å². The standard InChI is InChI=1S/C23H30N4O2/c1-16-21(29)20(17(13-28)11-26-16)12-27-22(14-24)8-4-2-6-18(22)10-19-7-3-5-9-23(19,27)15-25/h11,18-19,28-29H,2-10,12-13H2,1H3/p+1/t18-,19-,22+,23+/m1/s1. The largest absolute Gasteiger partial charge is 0.506 e. The molecule has 154 valence electrons. The molecule has 1 saturated heterocycles. The van der Waals surface area contributed by atoms with Gasteiger partial charge < -0.3 is 10.2 Å². The van der Waals surface area contributed by atoms with Crippen molar-refractivity contribution in [2.75, 3.05) is 0 Å². The monoisotopic (exact) mass is 395 g/mol. The Morgan fingerprint density at radius 2 is 1.69 bits per heavy atom. The number of likely N-dealkylation sites (tertiary alicyclic amines) is 1. The van der Waals surface area contributed by atoms with Crippen LogP contribution < -0.4 is 4.90 Å². The Labute approximate surface area is 172 Å². The van der Waals surface area contributed by atoms with Crippen LogP contribution in [0.2, 0.25) is 0 Å². The molecule has 0 amide bonds.